The summed E-state index contributed by atoms with van der Waals surface area (Å²) in [6, 6.07) is 7.44. The average molecular weight is 390 g/mol. The highest BCUT2D eigenvalue weighted by molar-refractivity contribution is 8.01. The number of halogens is 3. The third-order valence-electron chi connectivity index (χ3n) is 4.17. The zero-order valence-corrected chi connectivity index (χ0v) is 14.4. The molecule has 1 unspecified atom stereocenters. The summed E-state index contributed by atoms with van der Waals surface area (Å²) >= 11 is 2.54. The van der Waals surface area contributed by atoms with Gasteiger partial charge in [-0.2, -0.15) is 13.2 Å². The summed E-state index contributed by atoms with van der Waals surface area (Å²) in [5, 5.41) is 9.02. The molecule has 10 heteroatoms. The van der Waals surface area contributed by atoms with Gasteiger partial charge in [0.05, 0.1) is 16.0 Å². The molecule has 0 saturated carbocycles. The van der Waals surface area contributed by atoms with E-state index in [0.717, 1.165) is 26.9 Å². The molecule has 1 N–H and O–H groups in total. The molecule has 0 aliphatic carbocycles. The lowest BCUT2D eigenvalue weighted by molar-refractivity contribution is -0.227. The maximum atomic E-state index is 13.1. The maximum absolute atomic E-state index is 13.1. The number of nitrogens with zero attached hydrogens (tertiary/aromatic N) is 2. The molecule has 1 aromatic carbocycles. The number of para-hydroxylation sites is 1. The van der Waals surface area contributed by atoms with Crippen LogP contribution in [0, 0.1) is 5.41 Å². The molecule has 1 fully saturated rings. The zero-order chi connectivity index (χ0) is 18.2. The third kappa shape index (κ3) is 3.32. The van der Waals surface area contributed by atoms with Crippen molar-refractivity contribution in [1.29, 1.82) is 0 Å². The lowest BCUT2D eigenvalue weighted by atomic mass is 9.86. The number of rotatable bonds is 4. The van der Waals surface area contributed by atoms with Crippen LogP contribution in [0.5, 0.6) is 0 Å². The number of hydrogen-bond donors (Lipinski definition) is 1. The van der Waals surface area contributed by atoms with Gasteiger partial charge in [-0.3, -0.25) is 9.59 Å². The molecule has 2 aromatic rings. The largest absolute Gasteiger partial charge is 0.481 e. The number of carbonyl (C=O) groups excluding carboxylic acids is 1. The molecule has 0 bridgehead atoms. The van der Waals surface area contributed by atoms with Crippen LogP contribution in [0.25, 0.3) is 10.2 Å². The van der Waals surface area contributed by atoms with E-state index < -0.39 is 36.4 Å². The number of hydrogen-bond acceptors (Lipinski definition) is 5. The molecule has 134 valence electrons. The van der Waals surface area contributed by atoms with E-state index in [1.165, 1.54) is 11.3 Å². The molecule has 1 aromatic heterocycles. The van der Waals surface area contributed by atoms with Crippen LogP contribution in [0.15, 0.2) is 28.6 Å². The average Bonchev–Trinajstić information content (AvgIpc) is 3.16. The Morgan fingerprint density at radius 3 is 2.68 bits per heavy atom. The molecule has 25 heavy (non-hydrogen) atoms. The van der Waals surface area contributed by atoms with Gasteiger partial charge in [-0.25, -0.2) is 4.98 Å². The molecule has 0 spiro atoms. The first-order valence-corrected chi connectivity index (χ1v) is 9.09. The number of aliphatic carboxylic acids is 1. The third-order valence-corrected chi connectivity index (χ3v) is 6.33. The lowest BCUT2D eigenvalue weighted by Gasteiger charge is -2.27. The molecule has 3 rings (SSSR count). The van der Waals surface area contributed by atoms with Gasteiger partial charge in [0.15, 0.2) is 9.75 Å². The highest BCUT2D eigenvalue weighted by Crippen LogP contribution is 2.45. The first-order chi connectivity index (χ1) is 11.7. The topological polar surface area (TPSA) is 70.5 Å². The van der Waals surface area contributed by atoms with E-state index >= 15 is 0 Å². The van der Waals surface area contributed by atoms with Crippen molar-refractivity contribution in [2.75, 3.05) is 18.8 Å². The molecule has 2 heterocycles. The molecule has 0 radical (unpaired) electrons. The number of amides is 1. The number of fused-ring (bicyclic) bond motifs is 1. The minimum Gasteiger partial charge on any atom is -0.481 e. The minimum absolute atomic E-state index is 0.0760. The Morgan fingerprint density at radius 2 is 2.08 bits per heavy atom. The second-order valence-corrected chi connectivity index (χ2v) is 7.94. The Labute approximate surface area is 148 Å². The van der Waals surface area contributed by atoms with Gasteiger partial charge in [-0.1, -0.05) is 23.9 Å². The van der Waals surface area contributed by atoms with Crippen LogP contribution in [0.2, 0.25) is 0 Å². The number of alkyl halides is 3. The quantitative estimate of drug-likeness (QED) is 0.812. The van der Waals surface area contributed by atoms with E-state index in [2.05, 4.69) is 4.98 Å². The summed E-state index contributed by atoms with van der Waals surface area (Å²) in [7, 11) is 0. The van der Waals surface area contributed by atoms with Crippen LogP contribution in [-0.2, 0) is 9.59 Å². The zero-order valence-electron chi connectivity index (χ0n) is 12.7. The highest BCUT2D eigenvalue weighted by atomic mass is 32.2. The van der Waals surface area contributed by atoms with Gasteiger partial charge in [-0.05, 0) is 18.6 Å². The molecule has 1 aliphatic heterocycles. The van der Waals surface area contributed by atoms with E-state index in [1.54, 1.807) is 0 Å². The molecule has 1 amide bonds. The van der Waals surface area contributed by atoms with Crippen LogP contribution in [-0.4, -0.2) is 51.9 Å². The number of thiazole rings is 1. The second-order valence-electron chi connectivity index (χ2n) is 5.69. The van der Waals surface area contributed by atoms with Crippen LogP contribution < -0.4 is 0 Å². The molecule has 5 nitrogen and oxygen atoms in total. The van der Waals surface area contributed by atoms with Gasteiger partial charge in [0.1, 0.15) is 0 Å². The Kier molecular flexibility index (Phi) is 4.67. The van der Waals surface area contributed by atoms with Gasteiger partial charge >= 0.3 is 12.1 Å². The fourth-order valence-electron chi connectivity index (χ4n) is 2.68. The summed E-state index contributed by atoms with van der Waals surface area (Å²) in [5.41, 5.74) is -2.07. The van der Waals surface area contributed by atoms with Gasteiger partial charge in [0, 0.05) is 13.1 Å². The van der Waals surface area contributed by atoms with Crippen molar-refractivity contribution in [3.8, 4) is 0 Å². The van der Waals surface area contributed by atoms with Gasteiger partial charge in [-0.15, -0.1) is 11.3 Å². The summed E-state index contributed by atoms with van der Waals surface area (Å²) in [6.45, 7) is -1.06. The fraction of sp³-hybridized carbons (Fsp3) is 0.400. The number of carboxylic acids is 1. The summed E-state index contributed by atoms with van der Waals surface area (Å²) in [5.74, 6) is -2.53. The predicted molar refractivity (Wildman–Crippen MR) is 87.7 cm³/mol. The molecular weight excluding hydrogens is 377 g/mol. The van der Waals surface area contributed by atoms with Crippen molar-refractivity contribution < 1.29 is 27.9 Å². The Balaban J connectivity index is 1.65. The van der Waals surface area contributed by atoms with Crippen molar-refractivity contribution in [3.63, 3.8) is 0 Å². The first-order valence-electron chi connectivity index (χ1n) is 7.29. The van der Waals surface area contributed by atoms with E-state index in [0.29, 0.717) is 4.34 Å². The van der Waals surface area contributed by atoms with Crippen LogP contribution in [0.1, 0.15) is 6.42 Å². The van der Waals surface area contributed by atoms with E-state index in [1.807, 2.05) is 24.3 Å². The Bertz CT molecular complexity index is 791. The number of likely N-dealkylation sites (tertiary alicyclic amines) is 1. The van der Waals surface area contributed by atoms with Crippen molar-refractivity contribution in [2.24, 2.45) is 5.41 Å². The first kappa shape index (κ1) is 18.0. The summed E-state index contributed by atoms with van der Waals surface area (Å²) in [6.07, 6.45) is -5.52. The smallest absolute Gasteiger partial charge is 0.406 e. The van der Waals surface area contributed by atoms with Gasteiger partial charge in [0.2, 0.25) is 5.91 Å². The maximum Gasteiger partial charge on any atom is 0.406 e. The lowest BCUT2D eigenvalue weighted by Crippen LogP contribution is -2.47. The Hall–Kier alpha value is -1.81. The van der Waals surface area contributed by atoms with Crippen molar-refractivity contribution in [3.05, 3.63) is 24.3 Å². The standard InChI is InChI=1S/C15H13F3N2O3S2/c16-15(17,18)14(12(22)23)5-6-20(8-14)11(21)7-24-13-19-9-3-1-2-4-10(9)25-13/h1-4H,5-8H2,(H,22,23). The molecule has 1 saturated heterocycles. The number of benzene rings is 1. The van der Waals surface area contributed by atoms with Gasteiger partial charge in [0.25, 0.3) is 0 Å². The minimum atomic E-state index is -4.89. The van der Waals surface area contributed by atoms with Crippen LogP contribution in [0.4, 0.5) is 13.2 Å². The van der Waals surface area contributed by atoms with Crippen molar-refractivity contribution >= 4 is 45.2 Å². The molecular formula is C15H13F3N2O3S2. The number of thioether (sulfide) groups is 1. The number of carbonyl (C=O) groups is 2. The van der Waals surface area contributed by atoms with Crippen LogP contribution in [0.3, 0.4) is 0 Å². The Morgan fingerprint density at radius 1 is 1.36 bits per heavy atom. The van der Waals surface area contributed by atoms with E-state index in [9.17, 15) is 22.8 Å². The second kappa shape index (κ2) is 6.49. The summed E-state index contributed by atoms with van der Waals surface area (Å²) in [4.78, 5) is 28.7. The normalized spacial score (nSPS) is 21.0. The van der Waals surface area contributed by atoms with Gasteiger partial charge < -0.3 is 10.0 Å². The number of carboxylic acid groups (broad SMARTS) is 1. The monoisotopic (exact) mass is 390 g/mol. The fourth-order valence-corrected chi connectivity index (χ4v) is 4.65. The van der Waals surface area contributed by atoms with Crippen molar-refractivity contribution in [2.45, 2.75) is 16.9 Å². The highest BCUT2D eigenvalue weighted by Gasteiger charge is 2.64. The van der Waals surface area contributed by atoms with Crippen molar-refractivity contribution in [1.82, 2.24) is 9.88 Å². The molecule has 1 aliphatic rings. The van der Waals surface area contributed by atoms with E-state index in [4.69, 9.17) is 5.11 Å². The SMILES string of the molecule is O=C(CSc1nc2ccccc2s1)N1CCC(C(=O)O)(C(F)(F)F)C1. The summed E-state index contributed by atoms with van der Waals surface area (Å²) < 4.78 is 41.0. The molecule has 1 atom stereocenters. The van der Waals surface area contributed by atoms with E-state index in [-0.39, 0.29) is 12.3 Å². The van der Waals surface area contributed by atoms with Crippen LogP contribution >= 0.6 is 23.1 Å². The number of aromatic nitrogens is 1. The predicted octanol–water partition coefficient (Wildman–Crippen LogP) is 3.25.